The number of ether oxygens (including phenoxy) is 1. The van der Waals surface area contributed by atoms with Crippen molar-refractivity contribution in [3.8, 4) is 0 Å². The van der Waals surface area contributed by atoms with Gasteiger partial charge < -0.3 is 4.74 Å². The molecule has 0 aromatic heterocycles. The molecule has 0 spiro atoms. The molecule has 0 N–H and O–H groups in total. The largest absolute Gasteiger partial charge is 0.385 e. The predicted octanol–water partition coefficient (Wildman–Crippen LogP) is 1.80. The van der Waals surface area contributed by atoms with Crippen molar-refractivity contribution in [2.24, 2.45) is 5.92 Å². The molecule has 0 radical (unpaired) electrons. The maximum Gasteiger partial charge on any atom is 0.152 e. The van der Waals surface area contributed by atoms with Crippen LogP contribution in [0.15, 0.2) is 12.2 Å². The van der Waals surface area contributed by atoms with E-state index >= 15 is 0 Å². The molecule has 0 rings (SSSR count). The molecule has 0 aliphatic rings. The molecule has 11 heavy (non-hydrogen) atoms. The average Bonchev–Trinajstić information content (AvgIpc) is 1.97. The van der Waals surface area contributed by atoms with Gasteiger partial charge in [0, 0.05) is 13.7 Å². The number of rotatable bonds is 5. The van der Waals surface area contributed by atoms with E-state index in [0.29, 0.717) is 5.92 Å². The van der Waals surface area contributed by atoms with Crippen molar-refractivity contribution in [2.45, 2.75) is 20.3 Å². The van der Waals surface area contributed by atoms with Crippen LogP contribution in [0.5, 0.6) is 0 Å². The van der Waals surface area contributed by atoms with Crippen molar-refractivity contribution < 1.29 is 9.53 Å². The van der Waals surface area contributed by atoms with Gasteiger partial charge in [-0.3, -0.25) is 4.79 Å². The Bertz CT molecular complexity index is 138. The first-order valence-corrected chi connectivity index (χ1v) is 3.84. The van der Waals surface area contributed by atoms with Crippen LogP contribution in [0.25, 0.3) is 0 Å². The third kappa shape index (κ3) is 7.26. The van der Waals surface area contributed by atoms with Gasteiger partial charge in [-0.05, 0) is 25.3 Å². The number of hydrogen-bond acceptors (Lipinski definition) is 2. The summed E-state index contributed by atoms with van der Waals surface area (Å²) in [6.07, 6.45) is 4.50. The van der Waals surface area contributed by atoms with Crippen LogP contribution in [-0.2, 0) is 9.53 Å². The predicted molar refractivity (Wildman–Crippen MR) is 45.5 cm³/mol. The highest BCUT2D eigenvalue weighted by Gasteiger charge is 1.95. The molecule has 0 saturated heterocycles. The van der Waals surface area contributed by atoms with Gasteiger partial charge >= 0.3 is 0 Å². The van der Waals surface area contributed by atoms with Crippen molar-refractivity contribution in [3.63, 3.8) is 0 Å². The Morgan fingerprint density at radius 3 is 2.73 bits per heavy atom. The third-order valence-corrected chi connectivity index (χ3v) is 1.44. The fraction of sp³-hybridized carbons (Fsp3) is 0.667. The summed E-state index contributed by atoms with van der Waals surface area (Å²) in [5.41, 5.74) is 0. The average molecular weight is 156 g/mol. The lowest BCUT2D eigenvalue weighted by Crippen LogP contribution is -1.97. The third-order valence-electron chi connectivity index (χ3n) is 1.44. The highest BCUT2D eigenvalue weighted by molar-refractivity contribution is 5.87. The van der Waals surface area contributed by atoms with E-state index in [1.54, 1.807) is 20.1 Å². The van der Waals surface area contributed by atoms with Gasteiger partial charge in [0.05, 0.1) is 0 Å². The minimum atomic E-state index is 0.106. The van der Waals surface area contributed by atoms with Crippen LogP contribution in [0.1, 0.15) is 20.3 Å². The first-order valence-electron chi connectivity index (χ1n) is 3.84. The highest BCUT2D eigenvalue weighted by Crippen LogP contribution is 2.02. The van der Waals surface area contributed by atoms with Gasteiger partial charge in [-0.1, -0.05) is 13.0 Å². The topological polar surface area (TPSA) is 26.3 Å². The standard InChI is InChI=1S/C9H16O2/c1-8(6-7-11-3)4-5-9(2)10/h4-5,8H,6-7H2,1-3H3. The normalized spacial score (nSPS) is 13.7. The minimum absolute atomic E-state index is 0.106. The van der Waals surface area contributed by atoms with Crippen molar-refractivity contribution in [3.05, 3.63) is 12.2 Å². The fourth-order valence-corrected chi connectivity index (χ4v) is 0.700. The minimum Gasteiger partial charge on any atom is -0.385 e. The second kappa shape index (κ2) is 6.10. The molecule has 0 heterocycles. The number of methoxy groups -OCH3 is 1. The van der Waals surface area contributed by atoms with Gasteiger partial charge in [0.1, 0.15) is 0 Å². The van der Waals surface area contributed by atoms with Crippen LogP contribution in [0.3, 0.4) is 0 Å². The Kier molecular flexibility index (Phi) is 5.75. The molecule has 64 valence electrons. The fourth-order valence-electron chi connectivity index (χ4n) is 0.700. The van der Waals surface area contributed by atoms with Crippen molar-refractivity contribution in [2.75, 3.05) is 13.7 Å². The van der Waals surface area contributed by atoms with Crippen molar-refractivity contribution >= 4 is 5.78 Å². The Morgan fingerprint density at radius 2 is 2.27 bits per heavy atom. The second-order valence-electron chi connectivity index (χ2n) is 2.73. The summed E-state index contributed by atoms with van der Waals surface area (Å²) in [6, 6.07) is 0. The van der Waals surface area contributed by atoms with E-state index in [9.17, 15) is 4.79 Å². The Balaban J connectivity index is 3.50. The Morgan fingerprint density at radius 1 is 1.64 bits per heavy atom. The number of hydrogen-bond donors (Lipinski definition) is 0. The van der Waals surface area contributed by atoms with Gasteiger partial charge in [0.15, 0.2) is 5.78 Å². The summed E-state index contributed by atoms with van der Waals surface area (Å²) in [7, 11) is 1.68. The van der Waals surface area contributed by atoms with E-state index in [-0.39, 0.29) is 5.78 Å². The maximum atomic E-state index is 10.5. The molecule has 2 heteroatoms. The zero-order valence-electron chi connectivity index (χ0n) is 7.46. The zero-order chi connectivity index (χ0) is 8.69. The van der Waals surface area contributed by atoms with Crippen LogP contribution < -0.4 is 0 Å². The van der Waals surface area contributed by atoms with E-state index in [4.69, 9.17) is 4.74 Å². The summed E-state index contributed by atoms with van der Waals surface area (Å²) < 4.78 is 4.90. The lowest BCUT2D eigenvalue weighted by molar-refractivity contribution is -0.112. The van der Waals surface area contributed by atoms with Gasteiger partial charge in [0.25, 0.3) is 0 Å². The van der Waals surface area contributed by atoms with Crippen LogP contribution in [0.2, 0.25) is 0 Å². The summed E-state index contributed by atoms with van der Waals surface area (Å²) in [4.78, 5) is 10.5. The van der Waals surface area contributed by atoms with E-state index in [2.05, 4.69) is 6.92 Å². The van der Waals surface area contributed by atoms with Crippen molar-refractivity contribution in [1.82, 2.24) is 0 Å². The first-order chi connectivity index (χ1) is 5.16. The van der Waals surface area contributed by atoms with Crippen LogP contribution in [-0.4, -0.2) is 19.5 Å². The van der Waals surface area contributed by atoms with Crippen molar-refractivity contribution in [1.29, 1.82) is 0 Å². The quantitative estimate of drug-likeness (QED) is 0.567. The molecule has 0 aromatic rings. The number of carbonyl (C=O) groups excluding carboxylic acids is 1. The summed E-state index contributed by atoms with van der Waals surface area (Å²) in [6.45, 7) is 4.38. The molecule has 0 aromatic carbocycles. The van der Waals surface area contributed by atoms with Gasteiger partial charge in [-0.2, -0.15) is 0 Å². The number of carbonyl (C=O) groups is 1. The molecule has 0 fully saturated rings. The lowest BCUT2D eigenvalue weighted by atomic mass is 10.1. The highest BCUT2D eigenvalue weighted by atomic mass is 16.5. The van der Waals surface area contributed by atoms with Gasteiger partial charge in [-0.25, -0.2) is 0 Å². The van der Waals surface area contributed by atoms with E-state index < -0.39 is 0 Å². The molecule has 0 aliphatic heterocycles. The van der Waals surface area contributed by atoms with Gasteiger partial charge in [-0.15, -0.1) is 0 Å². The monoisotopic (exact) mass is 156 g/mol. The summed E-state index contributed by atoms with van der Waals surface area (Å²) in [5, 5.41) is 0. The van der Waals surface area contributed by atoms with E-state index in [0.717, 1.165) is 13.0 Å². The molecule has 0 bridgehead atoms. The SMILES string of the molecule is COCCC(C)C=CC(C)=O. The molecule has 1 atom stereocenters. The van der Waals surface area contributed by atoms with E-state index in [1.807, 2.05) is 6.08 Å². The van der Waals surface area contributed by atoms with Crippen LogP contribution >= 0.6 is 0 Å². The number of allylic oxidation sites excluding steroid dienone is 2. The summed E-state index contributed by atoms with van der Waals surface area (Å²) in [5.74, 6) is 0.535. The molecule has 0 amide bonds. The molecule has 1 unspecified atom stereocenters. The molecule has 0 aliphatic carbocycles. The zero-order valence-corrected chi connectivity index (χ0v) is 7.46. The molecular formula is C9H16O2. The molecular weight excluding hydrogens is 140 g/mol. The molecule has 2 nitrogen and oxygen atoms in total. The second-order valence-corrected chi connectivity index (χ2v) is 2.73. The smallest absolute Gasteiger partial charge is 0.152 e. The van der Waals surface area contributed by atoms with Crippen LogP contribution in [0, 0.1) is 5.92 Å². The van der Waals surface area contributed by atoms with Crippen LogP contribution in [0.4, 0.5) is 0 Å². The first kappa shape index (κ1) is 10.4. The summed E-state index contributed by atoms with van der Waals surface area (Å²) >= 11 is 0. The number of ketones is 1. The lowest BCUT2D eigenvalue weighted by Gasteiger charge is -2.02. The molecule has 0 saturated carbocycles. The van der Waals surface area contributed by atoms with Gasteiger partial charge in [0.2, 0.25) is 0 Å². The van der Waals surface area contributed by atoms with E-state index in [1.165, 1.54) is 0 Å². The maximum absolute atomic E-state index is 10.5. The Labute approximate surface area is 68.2 Å². The Hall–Kier alpha value is -0.630.